The lowest BCUT2D eigenvalue weighted by molar-refractivity contribution is -0.139. The molecular weight excluding hydrogens is 312 g/mol. The number of nitrogens with zero attached hydrogens (tertiary/aromatic N) is 1. The van der Waals surface area contributed by atoms with E-state index in [4.69, 9.17) is 14.4 Å². The van der Waals surface area contributed by atoms with E-state index in [0.29, 0.717) is 31.8 Å². The van der Waals surface area contributed by atoms with Crippen molar-refractivity contribution in [1.82, 2.24) is 10.5 Å². The summed E-state index contributed by atoms with van der Waals surface area (Å²) in [6.45, 7) is 0.837. The molecule has 126 valence electrons. The molecule has 0 aliphatic carbocycles. The summed E-state index contributed by atoms with van der Waals surface area (Å²) in [6, 6.07) is 10.9. The van der Waals surface area contributed by atoms with E-state index in [1.54, 1.807) is 6.07 Å². The molecule has 3 rings (SSSR count). The Balaban J connectivity index is 1.76. The van der Waals surface area contributed by atoms with Gasteiger partial charge >= 0.3 is 5.97 Å². The van der Waals surface area contributed by atoms with E-state index in [1.807, 2.05) is 30.3 Å². The molecule has 1 aromatic heterocycles. The number of hydrogen-bond donors (Lipinski definition) is 2. The third-order valence-electron chi connectivity index (χ3n) is 4.12. The predicted molar refractivity (Wildman–Crippen MR) is 84.4 cm³/mol. The first-order valence-electron chi connectivity index (χ1n) is 7.72. The molecule has 2 aromatic rings. The van der Waals surface area contributed by atoms with Crippen molar-refractivity contribution in [1.29, 1.82) is 0 Å². The molecule has 1 aliphatic rings. The minimum Gasteiger partial charge on any atom is -0.481 e. The largest absolute Gasteiger partial charge is 0.481 e. The molecule has 7 heteroatoms. The summed E-state index contributed by atoms with van der Waals surface area (Å²) >= 11 is 0. The van der Waals surface area contributed by atoms with Crippen LogP contribution in [0.15, 0.2) is 40.9 Å². The summed E-state index contributed by atoms with van der Waals surface area (Å²) in [5.74, 6) is -0.911. The number of hydrogen-bond acceptors (Lipinski definition) is 5. The number of carbonyl (C=O) groups is 2. The topological polar surface area (TPSA) is 102 Å². The molecule has 1 aliphatic heterocycles. The van der Waals surface area contributed by atoms with Crippen LogP contribution in [0.4, 0.5) is 0 Å². The van der Waals surface area contributed by atoms with Crippen molar-refractivity contribution in [3.63, 3.8) is 0 Å². The van der Waals surface area contributed by atoms with Gasteiger partial charge in [-0.25, -0.2) is 0 Å². The minimum absolute atomic E-state index is 0.130. The first kappa shape index (κ1) is 16.2. The van der Waals surface area contributed by atoms with Crippen molar-refractivity contribution in [2.24, 2.45) is 0 Å². The third-order valence-corrected chi connectivity index (χ3v) is 4.12. The Labute approximate surface area is 138 Å². The Hall–Kier alpha value is -2.67. The maximum absolute atomic E-state index is 12.5. The van der Waals surface area contributed by atoms with E-state index in [-0.39, 0.29) is 12.1 Å². The molecule has 7 nitrogen and oxygen atoms in total. The monoisotopic (exact) mass is 330 g/mol. The van der Waals surface area contributed by atoms with Gasteiger partial charge in [0.15, 0.2) is 11.5 Å². The zero-order valence-electron chi connectivity index (χ0n) is 13.0. The van der Waals surface area contributed by atoms with Gasteiger partial charge in [0, 0.05) is 24.8 Å². The van der Waals surface area contributed by atoms with Crippen molar-refractivity contribution < 1.29 is 24.0 Å². The highest BCUT2D eigenvalue weighted by molar-refractivity contribution is 5.94. The van der Waals surface area contributed by atoms with Gasteiger partial charge in [-0.05, 0) is 12.8 Å². The summed E-state index contributed by atoms with van der Waals surface area (Å²) in [5, 5.41) is 15.8. The van der Waals surface area contributed by atoms with Crippen LogP contribution in [0.5, 0.6) is 0 Å². The van der Waals surface area contributed by atoms with Crippen molar-refractivity contribution in [3.05, 3.63) is 42.1 Å². The van der Waals surface area contributed by atoms with Crippen molar-refractivity contribution in [2.75, 3.05) is 13.2 Å². The lowest BCUT2D eigenvalue weighted by Crippen LogP contribution is -2.53. The van der Waals surface area contributed by atoms with E-state index < -0.39 is 17.4 Å². The van der Waals surface area contributed by atoms with Gasteiger partial charge < -0.3 is 19.7 Å². The van der Waals surface area contributed by atoms with Gasteiger partial charge in [-0.15, -0.1) is 0 Å². The van der Waals surface area contributed by atoms with Crippen LogP contribution in [0.2, 0.25) is 0 Å². The van der Waals surface area contributed by atoms with Crippen LogP contribution in [0.1, 0.15) is 29.8 Å². The maximum Gasteiger partial charge on any atom is 0.305 e. The van der Waals surface area contributed by atoms with Gasteiger partial charge in [0.25, 0.3) is 5.91 Å². The molecule has 0 spiro atoms. The molecule has 2 heterocycles. The maximum atomic E-state index is 12.5. The zero-order valence-corrected chi connectivity index (χ0v) is 13.0. The average Bonchev–Trinajstić information content (AvgIpc) is 3.06. The molecule has 0 radical (unpaired) electrons. The molecule has 0 saturated carbocycles. The Morgan fingerprint density at radius 2 is 1.92 bits per heavy atom. The Morgan fingerprint density at radius 1 is 1.21 bits per heavy atom. The summed E-state index contributed by atoms with van der Waals surface area (Å²) in [7, 11) is 0. The second-order valence-electron chi connectivity index (χ2n) is 5.86. The molecule has 2 N–H and O–H groups in total. The number of benzene rings is 1. The molecule has 1 amide bonds. The van der Waals surface area contributed by atoms with E-state index >= 15 is 0 Å². The van der Waals surface area contributed by atoms with E-state index in [2.05, 4.69) is 10.5 Å². The quantitative estimate of drug-likeness (QED) is 0.870. The van der Waals surface area contributed by atoms with Crippen LogP contribution in [-0.4, -0.2) is 40.9 Å². The number of nitrogens with one attached hydrogen (secondary N) is 1. The average molecular weight is 330 g/mol. The van der Waals surface area contributed by atoms with Crippen LogP contribution in [0, 0.1) is 0 Å². The number of rotatable bonds is 5. The number of amides is 1. The van der Waals surface area contributed by atoms with Crippen molar-refractivity contribution in [2.45, 2.75) is 24.8 Å². The predicted octanol–water partition coefficient (Wildman–Crippen LogP) is 2.10. The highest BCUT2D eigenvalue weighted by Gasteiger charge is 2.37. The highest BCUT2D eigenvalue weighted by atomic mass is 16.5. The standard InChI is InChI=1S/C17H18N2O5/c20-15(21)11-17(6-8-23-9-7-17)18-16(22)13-10-14(24-19-13)12-4-2-1-3-5-12/h1-5,10H,6-9,11H2,(H,18,22)(H,20,21). The molecule has 24 heavy (non-hydrogen) atoms. The van der Waals surface area contributed by atoms with Crippen LogP contribution in [0.25, 0.3) is 11.3 Å². The van der Waals surface area contributed by atoms with Gasteiger partial charge in [-0.3, -0.25) is 9.59 Å². The lowest BCUT2D eigenvalue weighted by atomic mass is 9.86. The van der Waals surface area contributed by atoms with Gasteiger partial charge in [0.1, 0.15) is 0 Å². The van der Waals surface area contributed by atoms with Gasteiger partial charge in [-0.2, -0.15) is 0 Å². The SMILES string of the molecule is O=C(O)CC1(NC(=O)c2cc(-c3ccccc3)on2)CCOCC1. The van der Waals surface area contributed by atoms with Gasteiger partial charge in [0.2, 0.25) is 0 Å². The summed E-state index contributed by atoms with van der Waals surface area (Å²) in [4.78, 5) is 23.6. The smallest absolute Gasteiger partial charge is 0.305 e. The van der Waals surface area contributed by atoms with E-state index in [9.17, 15) is 9.59 Å². The minimum atomic E-state index is -0.956. The first-order chi connectivity index (χ1) is 11.6. The van der Waals surface area contributed by atoms with E-state index in [1.165, 1.54) is 0 Å². The van der Waals surface area contributed by atoms with Crippen molar-refractivity contribution in [3.8, 4) is 11.3 Å². The molecule has 0 atom stereocenters. The number of aliphatic carboxylic acids is 1. The molecule has 1 fully saturated rings. The Morgan fingerprint density at radius 3 is 2.58 bits per heavy atom. The molecule has 1 saturated heterocycles. The first-order valence-corrected chi connectivity index (χ1v) is 7.72. The normalized spacial score (nSPS) is 16.5. The van der Waals surface area contributed by atoms with Crippen LogP contribution < -0.4 is 5.32 Å². The molecule has 0 bridgehead atoms. The second-order valence-corrected chi connectivity index (χ2v) is 5.86. The van der Waals surface area contributed by atoms with Gasteiger partial charge in [-0.1, -0.05) is 35.5 Å². The van der Waals surface area contributed by atoms with E-state index in [0.717, 1.165) is 5.56 Å². The summed E-state index contributed by atoms with van der Waals surface area (Å²) < 4.78 is 10.5. The van der Waals surface area contributed by atoms with Gasteiger partial charge in [0.05, 0.1) is 12.0 Å². The fraction of sp³-hybridized carbons (Fsp3) is 0.353. The fourth-order valence-corrected chi connectivity index (χ4v) is 2.82. The number of aromatic nitrogens is 1. The van der Waals surface area contributed by atoms with Crippen LogP contribution in [-0.2, 0) is 9.53 Å². The molecule has 1 aromatic carbocycles. The zero-order chi connectivity index (χ0) is 17.0. The van der Waals surface area contributed by atoms with Crippen molar-refractivity contribution >= 4 is 11.9 Å². The summed E-state index contributed by atoms with van der Waals surface area (Å²) in [6.07, 6.45) is 0.758. The lowest BCUT2D eigenvalue weighted by Gasteiger charge is -2.36. The van der Waals surface area contributed by atoms with Crippen LogP contribution in [0.3, 0.4) is 0 Å². The second kappa shape index (κ2) is 6.84. The van der Waals surface area contributed by atoms with Crippen LogP contribution >= 0.6 is 0 Å². The molecule has 0 unspecified atom stereocenters. The fourth-order valence-electron chi connectivity index (χ4n) is 2.82. The number of carboxylic acid groups (broad SMARTS) is 1. The Kier molecular flexibility index (Phi) is 4.61. The summed E-state index contributed by atoms with van der Waals surface area (Å²) in [5.41, 5.74) is 0.132. The third kappa shape index (κ3) is 3.62. The Bertz CT molecular complexity index is 720. The number of carboxylic acids is 1. The molecular formula is C17H18N2O5. The highest BCUT2D eigenvalue weighted by Crippen LogP contribution is 2.26. The number of carbonyl (C=O) groups excluding carboxylic acids is 1. The number of ether oxygens (including phenoxy) is 1.